The summed E-state index contributed by atoms with van der Waals surface area (Å²) in [6.07, 6.45) is 0. The SMILES string of the molecule is COC(=O)c1cccc(NC(=O)Nc2cccc(C3=NCCN3)c2)c1.Cl. The molecule has 136 valence electrons. The lowest BCUT2D eigenvalue weighted by atomic mass is 10.2. The number of halogens is 1. The minimum atomic E-state index is -0.457. The summed E-state index contributed by atoms with van der Waals surface area (Å²) in [6, 6.07) is 13.6. The van der Waals surface area contributed by atoms with Crippen LogP contribution >= 0.6 is 12.4 Å². The van der Waals surface area contributed by atoms with Crippen LogP contribution in [-0.2, 0) is 4.74 Å². The van der Waals surface area contributed by atoms with E-state index in [0.717, 1.165) is 24.5 Å². The van der Waals surface area contributed by atoms with Gasteiger partial charge in [-0.1, -0.05) is 18.2 Å². The smallest absolute Gasteiger partial charge is 0.337 e. The predicted octanol–water partition coefficient (Wildman–Crippen LogP) is 2.89. The highest BCUT2D eigenvalue weighted by molar-refractivity contribution is 6.03. The van der Waals surface area contributed by atoms with Crippen LogP contribution in [0.25, 0.3) is 0 Å². The summed E-state index contributed by atoms with van der Waals surface area (Å²) in [5, 5.41) is 8.66. The van der Waals surface area contributed by atoms with Crippen molar-refractivity contribution in [2.45, 2.75) is 0 Å². The van der Waals surface area contributed by atoms with Crippen LogP contribution < -0.4 is 16.0 Å². The van der Waals surface area contributed by atoms with Gasteiger partial charge in [-0.15, -0.1) is 12.4 Å². The number of ether oxygens (including phenoxy) is 1. The van der Waals surface area contributed by atoms with Crippen LogP contribution in [0.3, 0.4) is 0 Å². The number of hydrogen-bond acceptors (Lipinski definition) is 5. The third kappa shape index (κ3) is 4.73. The molecular weight excluding hydrogens is 356 g/mol. The number of rotatable bonds is 4. The lowest BCUT2D eigenvalue weighted by Gasteiger charge is -2.10. The number of amides is 2. The van der Waals surface area contributed by atoms with Crippen molar-refractivity contribution < 1.29 is 14.3 Å². The molecule has 1 heterocycles. The topological polar surface area (TPSA) is 91.8 Å². The Balaban J connectivity index is 0.00000243. The Morgan fingerprint density at radius 2 is 1.77 bits per heavy atom. The van der Waals surface area contributed by atoms with Crippen LogP contribution in [0.2, 0.25) is 0 Å². The molecule has 0 unspecified atom stereocenters. The molecule has 2 aromatic carbocycles. The molecule has 0 aromatic heterocycles. The second kappa shape index (κ2) is 8.87. The first-order valence-electron chi connectivity index (χ1n) is 7.81. The molecule has 3 N–H and O–H groups in total. The van der Waals surface area contributed by atoms with Crippen LogP contribution in [0.15, 0.2) is 53.5 Å². The van der Waals surface area contributed by atoms with E-state index >= 15 is 0 Å². The molecule has 26 heavy (non-hydrogen) atoms. The highest BCUT2D eigenvalue weighted by Gasteiger charge is 2.10. The van der Waals surface area contributed by atoms with E-state index in [-0.39, 0.29) is 12.4 Å². The van der Waals surface area contributed by atoms with Crippen molar-refractivity contribution in [2.75, 3.05) is 30.8 Å². The summed E-state index contributed by atoms with van der Waals surface area (Å²) in [5.41, 5.74) is 2.43. The molecule has 8 heteroatoms. The van der Waals surface area contributed by atoms with Gasteiger partial charge in [-0.25, -0.2) is 9.59 Å². The number of hydrogen-bond donors (Lipinski definition) is 3. The minimum absolute atomic E-state index is 0. The normalized spacial score (nSPS) is 12.3. The molecular formula is C18H19ClN4O3. The molecule has 7 nitrogen and oxygen atoms in total. The summed E-state index contributed by atoms with van der Waals surface area (Å²) in [7, 11) is 1.31. The van der Waals surface area contributed by atoms with Crippen molar-refractivity contribution in [1.29, 1.82) is 0 Å². The van der Waals surface area contributed by atoms with E-state index in [1.165, 1.54) is 7.11 Å². The molecule has 3 rings (SSSR count). The Kier molecular flexibility index (Phi) is 6.57. The Hall–Kier alpha value is -3.06. The van der Waals surface area contributed by atoms with Gasteiger partial charge in [-0.3, -0.25) is 4.99 Å². The van der Waals surface area contributed by atoms with Crippen LogP contribution in [0.1, 0.15) is 15.9 Å². The Morgan fingerprint density at radius 1 is 1.08 bits per heavy atom. The number of anilines is 2. The van der Waals surface area contributed by atoms with Crippen molar-refractivity contribution in [1.82, 2.24) is 5.32 Å². The summed E-state index contributed by atoms with van der Waals surface area (Å²) in [5.74, 6) is 0.372. The Bertz CT molecular complexity index is 839. The fraction of sp³-hybridized carbons (Fsp3) is 0.167. The Labute approximate surface area is 157 Å². The van der Waals surface area contributed by atoms with Crippen molar-refractivity contribution in [3.05, 3.63) is 59.7 Å². The van der Waals surface area contributed by atoms with Gasteiger partial charge in [0.15, 0.2) is 0 Å². The zero-order valence-corrected chi connectivity index (χ0v) is 14.9. The molecule has 0 spiro atoms. The van der Waals surface area contributed by atoms with Gasteiger partial charge < -0.3 is 20.7 Å². The van der Waals surface area contributed by atoms with E-state index in [2.05, 4.69) is 25.7 Å². The van der Waals surface area contributed by atoms with Crippen molar-refractivity contribution in [2.24, 2.45) is 4.99 Å². The van der Waals surface area contributed by atoms with E-state index in [9.17, 15) is 9.59 Å². The van der Waals surface area contributed by atoms with Crippen LogP contribution in [0, 0.1) is 0 Å². The highest BCUT2D eigenvalue weighted by Crippen LogP contribution is 2.15. The maximum absolute atomic E-state index is 12.2. The average Bonchev–Trinajstić information content (AvgIpc) is 3.16. The number of benzene rings is 2. The molecule has 0 saturated heterocycles. The fourth-order valence-electron chi connectivity index (χ4n) is 2.47. The van der Waals surface area contributed by atoms with Gasteiger partial charge in [0, 0.05) is 23.5 Å². The maximum Gasteiger partial charge on any atom is 0.337 e. The van der Waals surface area contributed by atoms with E-state index in [1.807, 2.05) is 18.2 Å². The minimum Gasteiger partial charge on any atom is -0.465 e. The largest absolute Gasteiger partial charge is 0.465 e. The van der Waals surface area contributed by atoms with Gasteiger partial charge in [0.25, 0.3) is 0 Å². The lowest BCUT2D eigenvalue weighted by molar-refractivity contribution is 0.0600. The molecule has 1 aliphatic rings. The molecule has 0 radical (unpaired) electrons. The molecule has 0 fully saturated rings. The second-order valence-corrected chi connectivity index (χ2v) is 5.39. The summed E-state index contributed by atoms with van der Waals surface area (Å²) in [4.78, 5) is 28.1. The number of amidine groups is 1. The molecule has 0 aliphatic carbocycles. The van der Waals surface area contributed by atoms with Gasteiger partial charge in [0.1, 0.15) is 5.84 Å². The van der Waals surface area contributed by atoms with Crippen LogP contribution in [-0.4, -0.2) is 38.0 Å². The third-order valence-corrected chi connectivity index (χ3v) is 3.61. The highest BCUT2D eigenvalue weighted by atomic mass is 35.5. The fourth-order valence-corrected chi connectivity index (χ4v) is 2.47. The number of carbonyl (C=O) groups excluding carboxylic acids is 2. The number of urea groups is 1. The standard InChI is InChI=1S/C18H18N4O3.ClH/c1-25-17(23)13-5-3-7-15(11-13)22-18(24)21-14-6-2-4-12(10-14)16-19-8-9-20-16;/h2-7,10-11H,8-9H2,1H3,(H,19,20)(H2,21,22,24);1H. The first kappa shape index (κ1) is 19.3. The Morgan fingerprint density at radius 3 is 2.42 bits per heavy atom. The van der Waals surface area contributed by atoms with Gasteiger partial charge >= 0.3 is 12.0 Å². The molecule has 0 atom stereocenters. The quantitative estimate of drug-likeness (QED) is 0.717. The number of aliphatic imine (C=N–C) groups is 1. The molecule has 2 aromatic rings. The van der Waals surface area contributed by atoms with E-state index in [4.69, 9.17) is 0 Å². The maximum atomic E-state index is 12.2. The number of nitrogens with one attached hydrogen (secondary N) is 3. The van der Waals surface area contributed by atoms with Crippen molar-refractivity contribution in [3.8, 4) is 0 Å². The average molecular weight is 375 g/mol. The zero-order valence-electron chi connectivity index (χ0n) is 14.1. The number of esters is 1. The zero-order chi connectivity index (χ0) is 17.6. The van der Waals surface area contributed by atoms with Crippen molar-refractivity contribution in [3.63, 3.8) is 0 Å². The predicted molar refractivity (Wildman–Crippen MR) is 104 cm³/mol. The van der Waals surface area contributed by atoms with Gasteiger partial charge in [-0.05, 0) is 30.3 Å². The number of methoxy groups -OCH3 is 1. The van der Waals surface area contributed by atoms with Crippen LogP contribution in [0.5, 0.6) is 0 Å². The van der Waals surface area contributed by atoms with Gasteiger partial charge in [-0.2, -0.15) is 0 Å². The second-order valence-electron chi connectivity index (χ2n) is 5.39. The lowest BCUT2D eigenvalue weighted by Crippen LogP contribution is -2.21. The first-order valence-corrected chi connectivity index (χ1v) is 7.81. The molecule has 0 bridgehead atoms. The number of nitrogens with zero attached hydrogens (tertiary/aromatic N) is 1. The monoisotopic (exact) mass is 374 g/mol. The summed E-state index contributed by atoms with van der Waals surface area (Å²) < 4.78 is 4.67. The van der Waals surface area contributed by atoms with Crippen molar-refractivity contribution >= 4 is 41.6 Å². The molecule has 2 amide bonds. The van der Waals surface area contributed by atoms with Gasteiger partial charge in [0.2, 0.25) is 0 Å². The van der Waals surface area contributed by atoms with E-state index in [0.29, 0.717) is 16.9 Å². The van der Waals surface area contributed by atoms with Crippen LogP contribution in [0.4, 0.5) is 16.2 Å². The molecule has 0 saturated carbocycles. The van der Waals surface area contributed by atoms with E-state index < -0.39 is 12.0 Å². The summed E-state index contributed by atoms with van der Waals surface area (Å²) in [6.45, 7) is 1.58. The van der Waals surface area contributed by atoms with Gasteiger partial charge in [0.05, 0.1) is 19.2 Å². The number of carbonyl (C=O) groups is 2. The van der Waals surface area contributed by atoms with E-state index in [1.54, 1.807) is 30.3 Å². The summed E-state index contributed by atoms with van der Waals surface area (Å²) >= 11 is 0. The first-order chi connectivity index (χ1) is 12.2. The third-order valence-electron chi connectivity index (χ3n) is 3.61. The molecule has 1 aliphatic heterocycles.